The van der Waals surface area contributed by atoms with Gasteiger partial charge in [-0.3, -0.25) is 0 Å². The predicted molar refractivity (Wildman–Crippen MR) is 113 cm³/mol. The summed E-state index contributed by atoms with van der Waals surface area (Å²) in [7, 11) is 0. The number of phenolic OH excluding ortho intramolecular Hbond substituents is 2. The minimum absolute atomic E-state index is 0.0752. The normalized spacial score (nSPS) is 38.0. The van der Waals surface area contributed by atoms with E-state index in [2.05, 4.69) is 13.8 Å². The largest absolute Gasteiger partial charge is 0.507 e. The van der Waals surface area contributed by atoms with Gasteiger partial charge in [0.2, 0.25) is 0 Å². The molecule has 0 spiro atoms. The molecule has 0 saturated heterocycles. The first kappa shape index (κ1) is 22.4. The third-order valence-corrected chi connectivity index (χ3v) is 8.31. The summed E-state index contributed by atoms with van der Waals surface area (Å²) in [5.41, 5.74) is -3.51. The second kappa shape index (κ2) is 6.61. The first-order chi connectivity index (χ1) is 14.2. The monoisotopic (exact) mass is 452 g/mol. The summed E-state index contributed by atoms with van der Waals surface area (Å²) in [5.74, 6) is -1.98. The van der Waals surface area contributed by atoms with Crippen LogP contribution in [-0.2, 0) is 4.74 Å². The van der Waals surface area contributed by atoms with E-state index in [9.17, 15) is 30.3 Å². The van der Waals surface area contributed by atoms with Crippen LogP contribution in [0.4, 0.5) is 0 Å². The fourth-order valence-electron chi connectivity index (χ4n) is 6.44. The molecule has 0 aromatic heterocycles. The lowest BCUT2D eigenvalue weighted by atomic mass is 9.43. The van der Waals surface area contributed by atoms with Crippen LogP contribution in [0.2, 0.25) is 5.02 Å². The van der Waals surface area contributed by atoms with E-state index in [1.165, 1.54) is 6.92 Å². The molecule has 0 heterocycles. The van der Waals surface area contributed by atoms with E-state index >= 15 is 0 Å². The Morgan fingerprint density at radius 2 is 1.84 bits per heavy atom. The fraction of sp³-hybridized carbons (Fsp3) is 0.609. The highest BCUT2D eigenvalue weighted by Gasteiger charge is 2.75. The van der Waals surface area contributed by atoms with Crippen molar-refractivity contribution in [2.45, 2.75) is 64.3 Å². The smallest absolute Gasteiger partial charge is 0.342 e. The molecule has 0 bridgehead atoms. The van der Waals surface area contributed by atoms with Crippen LogP contribution in [0.15, 0.2) is 17.7 Å². The van der Waals surface area contributed by atoms with Crippen molar-refractivity contribution in [2.24, 2.45) is 16.7 Å². The summed E-state index contributed by atoms with van der Waals surface area (Å²) in [6.07, 6.45) is 2.08. The Morgan fingerprint density at radius 3 is 2.45 bits per heavy atom. The van der Waals surface area contributed by atoms with Gasteiger partial charge in [-0.15, -0.1) is 0 Å². The maximum atomic E-state index is 12.9. The van der Waals surface area contributed by atoms with Crippen LogP contribution in [-0.4, -0.2) is 55.4 Å². The van der Waals surface area contributed by atoms with Crippen molar-refractivity contribution >= 4 is 17.6 Å². The van der Waals surface area contributed by atoms with Crippen molar-refractivity contribution in [3.8, 4) is 11.5 Å². The maximum absolute atomic E-state index is 12.9. The van der Waals surface area contributed by atoms with Crippen LogP contribution in [0.5, 0.6) is 11.5 Å². The fourth-order valence-corrected chi connectivity index (χ4v) is 6.59. The van der Waals surface area contributed by atoms with E-state index in [0.717, 1.165) is 6.07 Å². The highest BCUT2D eigenvalue weighted by Crippen LogP contribution is 2.69. The Labute approximate surface area is 185 Å². The molecule has 3 aliphatic carbocycles. The Kier molecular flexibility index (Phi) is 4.77. The summed E-state index contributed by atoms with van der Waals surface area (Å²) in [6.45, 7) is 6.98. The SMILES string of the molecule is Cc1c(Cl)c(O)cc(O)c1C(=O)O[C@@H]1C[C@]2(C)[C@H]3CC(C)(C)C[C@@]3(O)C=C(CO)[C@]12O. The van der Waals surface area contributed by atoms with Crippen molar-refractivity contribution in [3.05, 3.63) is 33.9 Å². The number of benzene rings is 1. The second-order valence-electron chi connectivity index (χ2n) is 10.4. The average molecular weight is 453 g/mol. The van der Waals surface area contributed by atoms with Gasteiger partial charge in [0.15, 0.2) is 0 Å². The number of rotatable bonds is 3. The molecule has 7 nitrogen and oxygen atoms in total. The molecule has 170 valence electrons. The van der Waals surface area contributed by atoms with Gasteiger partial charge in [0.05, 0.1) is 17.2 Å². The number of hydrogen-bond acceptors (Lipinski definition) is 7. The van der Waals surface area contributed by atoms with Gasteiger partial charge in [0.1, 0.15) is 28.8 Å². The Morgan fingerprint density at radius 1 is 1.19 bits per heavy atom. The summed E-state index contributed by atoms with van der Waals surface area (Å²) in [6, 6.07) is 0.964. The van der Waals surface area contributed by atoms with Gasteiger partial charge in [-0.1, -0.05) is 32.4 Å². The van der Waals surface area contributed by atoms with Gasteiger partial charge >= 0.3 is 5.97 Å². The van der Waals surface area contributed by atoms with Crippen molar-refractivity contribution in [1.82, 2.24) is 0 Å². The summed E-state index contributed by atoms with van der Waals surface area (Å²) >= 11 is 6.00. The Balaban J connectivity index is 1.69. The molecule has 31 heavy (non-hydrogen) atoms. The molecule has 0 aliphatic heterocycles. The molecule has 2 saturated carbocycles. The van der Waals surface area contributed by atoms with Crippen LogP contribution in [0, 0.1) is 23.7 Å². The third kappa shape index (κ3) is 2.86. The number of carbonyl (C=O) groups excluding carboxylic acids is 1. The molecular weight excluding hydrogens is 424 g/mol. The molecule has 0 radical (unpaired) electrons. The average Bonchev–Trinajstić information content (AvgIpc) is 2.92. The molecule has 8 heteroatoms. The molecule has 0 unspecified atom stereocenters. The Hall–Kier alpha value is -1.80. The van der Waals surface area contributed by atoms with Crippen molar-refractivity contribution in [3.63, 3.8) is 0 Å². The van der Waals surface area contributed by atoms with Crippen molar-refractivity contribution in [1.29, 1.82) is 0 Å². The lowest BCUT2D eigenvalue weighted by molar-refractivity contribution is -0.264. The molecule has 3 aliphatic rings. The zero-order valence-electron chi connectivity index (χ0n) is 18.1. The zero-order valence-corrected chi connectivity index (χ0v) is 18.8. The van der Waals surface area contributed by atoms with Crippen LogP contribution in [0.25, 0.3) is 0 Å². The minimum atomic E-state index is -1.64. The van der Waals surface area contributed by atoms with Gasteiger partial charge in [0.25, 0.3) is 0 Å². The third-order valence-electron chi connectivity index (χ3n) is 7.83. The molecule has 1 aromatic rings. The number of aromatic hydroxyl groups is 2. The molecular formula is C23H29ClO7. The Bertz CT molecular complexity index is 1000. The van der Waals surface area contributed by atoms with Gasteiger partial charge in [0, 0.05) is 17.4 Å². The number of aliphatic hydroxyl groups is 3. The first-order valence-electron chi connectivity index (χ1n) is 10.4. The highest BCUT2D eigenvalue weighted by molar-refractivity contribution is 6.33. The van der Waals surface area contributed by atoms with E-state index in [0.29, 0.717) is 19.3 Å². The van der Waals surface area contributed by atoms with Crippen LogP contribution in [0.3, 0.4) is 0 Å². The van der Waals surface area contributed by atoms with E-state index in [1.807, 2.05) is 6.92 Å². The molecule has 5 N–H and O–H groups in total. The standard InChI is InChI=1S/C23H29ClO7/c1-11-17(13(26)5-14(27)18(11)24)19(28)31-16-8-21(4)15-7-20(2,3)10-22(15,29)6-12(9-25)23(16,21)30/h5-6,15-16,25-27,29-30H,7-10H2,1-4H3/t15-,16-,21-,22+,23+/m1/s1. The second-order valence-corrected chi connectivity index (χ2v) is 10.8. The van der Waals surface area contributed by atoms with Crippen LogP contribution < -0.4 is 0 Å². The van der Waals surface area contributed by atoms with E-state index in [-0.39, 0.29) is 38.8 Å². The zero-order chi connectivity index (χ0) is 23.1. The summed E-state index contributed by atoms with van der Waals surface area (Å²) < 4.78 is 5.61. The van der Waals surface area contributed by atoms with E-state index < -0.39 is 41.0 Å². The number of esters is 1. The van der Waals surface area contributed by atoms with Crippen molar-refractivity contribution < 1.29 is 35.1 Å². The van der Waals surface area contributed by atoms with Gasteiger partial charge in [-0.2, -0.15) is 0 Å². The number of fused-ring (bicyclic) bond motifs is 3. The van der Waals surface area contributed by atoms with Crippen LogP contribution in [0.1, 0.15) is 56.0 Å². The lowest BCUT2D eigenvalue weighted by Crippen LogP contribution is -2.75. The summed E-state index contributed by atoms with van der Waals surface area (Å²) in [4.78, 5) is 12.9. The topological polar surface area (TPSA) is 127 Å². The number of phenols is 2. The molecule has 1 aromatic carbocycles. The predicted octanol–water partition coefficient (Wildman–Crippen LogP) is 2.83. The highest BCUT2D eigenvalue weighted by atomic mass is 35.5. The number of hydrogen-bond donors (Lipinski definition) is 5. The number of aliphatic hydroxyl groups excluding tert-OH is 1. The molecule has 0 amide bonds. The molecule has 2 fully saturated rings. The van der Waals surface area contributed by atoms with E-state index in [1.54, 1.807) is 6.08 Å². The van der Waals surface area contributed by atoms with E-state index in [4.69, 9.17) is 16.3 Å². The first-order valence-corrected chi connectivity index (χ1v) is 10.8. The lowest BCUT2D eigenvalue weighted by Gasteiger charge is -2.66. The van der Waals surface area contributed by atoms with Gasteiger partial charge in [-0.25, -0.2) is 4.79 Å². The maximum Gasteiger partial charge on any atom is 0.342 e. The molecule has 5 atom stereocenters. The van der Waals surface area contributed by atoms with Crippen LogP contribution >= 0.6 is 11.6 Å². The number of carbonyl (C=O) groups is 1. The number of ether oxygens (including phenoxy) is 1. The summed E-state index contributed by atoms with van der Waals surface area (Å²) in [5, 5.41) is 52.9. The quantitative estimate of drug-likeness (QED) is 0.352. The van der Waals surface area contributed by atoms with Gasteiger partial charge in [-0.05, 0) is 48.8 Å². The van der Waals surface area contributed by atoms with Gasteiger partial charge < -0.3 is 30.3 Å². The van der Waals surface area contributed by atoms with Crippen molar-refractivity contribution in [2.75, 3.05) is 6.61 Å². The minimum Gasteiger partial charge on any atom is -0.507 e. The molecule has 4 rings (SSSR count). The number of halogens is 1.